The fourth-order valence-corrected chi connectivity index (χ4v) is 7.02. The van der Waals surface area contributed by atoms with Crippen molar-refractivity contribution in [3.8, 4) is 5.75 Å². The van der Waals surface area contributed by atoms with E-state index in [1.807, 2.05) is 20.8 Å². The van der Waals surface area contributed by atoms with Crippen LogP contribution in [0.3, 0.4) is 0 Å². The van der Waals surface area contributed by atoms with Crippen LogP contribution in [0.4, 0.5) is 5.69 Å². The quantitative estimate of drug-likeness (QED) is 0.209. The third kappa shape index (κ3) is 8.65. The van der Waals surface area contributed by atoms with Crippen LogP contribution in [0.1, 0.15) is 38.3 Å². The maximum Gasteiger partial charge on any atom is 0.264 e. The highest BCUT2D eigenvalue weighted by Crippen LogP contribution is 2.32. The molecule has 0 aliphatic rings. The van der Waals surface area contributed by atoms with Gasteiger partial charge in [0.2, 0.25) is 11.8 Å². The van der Waals surface area contributed by atoms with Crippen molar-refractivity contribution in [1.29, 1.82) is 0 Å². The number of benzene rings is 3. The summed E-state index contributed by atoms with van der Waals surface area (Å²) in [6, 6.07) is 15.3. The zero-order chi connectivity index (χ0) is 31.9. The summed E-state index contributed by atoms with van der Waals surface area (Å²) in [5.41, 5.74) is 1.67. The minimum Gasteiger partial charge on any atom is -0.496 e. The number of hydrogen-bond acceptors (Lipinski definition) is 5. The van der Waals surface area contributed by atoms with Gasteiger partial charge in [0.25, 0.3) is 10.0 Å². The number of amides is 2. The highest BCUT2D eigenvalue weighted by molar-refractivity contribution is 9.10. The number of rotatable bonds is 13. The molecule has 8 nitrogen and oxygen atoms in total. The van der Waals surface area contributed by atoms with Gasteiger partial charge in [-0.2, -0.15) is 0 Å². The third-order valence-electron chi connectivity index (χ3n) is 6.77. The van der Waals surface area contributed by atoms with E-state index in [-0.39, 0.29) is 29.7 Å². The second-order valence-corrected chi connectivity index (χ2v) is 14.0. The summed E-state index contributed by atoms with van der Waals surface area (Å²) in [6.45, 7) is 7.35. The molecule has 3 aromatic carbocycles. The van der Waals surface area contributed by atoms with E-state index in [2.05, 4.69) is 21.2 Å². The highest BCUT2D eigenvalue weighted by atomic mass is 79.9. The van der Waals surface area contributed by atoms with Crippen molar-refractivity contribution in [2.45, 2.75) is 51.6 Å². The van der Waals surface area contributed by atoms with Crippen molar-refractivity contribution < 1.29 is 22.7 Å². The maximum absolute atomic E-state index is 14.2. The fraction of sp³-hybridized carbons (Fsp3) is 0.355. The molecule has 1 atom stereocenters. The van der Waals surface area contributed by atoms with Crippen molar-refractivity contribution in [3.63, 3.8) is 0 Å². The number of nitrogens with one attached hydrogen (secondary N) is 1. The van der Waals surface area contributed by atoms with Crippen molar-refractivity contribution in [1.82, 2.24) is 10.2 Å². The lowest BCUT2D eigenvalue weighted by molar-refractivity contribution is -0.140. The first-order chi connectivity index (χ1) is 20.3. The van der Waals surface area contributed by atoms with E-state index in [0.29, 0.717) is 38.1 Å². The van der Waals surface area contributed by atoms with Gasteiger partial charge in [-0.1, -0.05) is 67.7 Å². The topological polar surface area (TPSA) is 96.0 Å². The van der Waals surface area contributed by atoms with Gasteiger partial charge in [0.15, 0.2) is 0 Å². The first kappa shape index (κ1) is 34.7. The molecule has 0 aliphatic carbocycles. The SMILES string of the molecule is CCC(C(=O)NCC(C)C)N(Cc1c(Cl)cccc1Cl)C(=O)CN(c1ccc(C)cc1)S(=O)(=O)c1ccc(OC)c(Br)c1. The van der Waals surface area contributed by atoms with Gasteiger partial charge in [-0.25, -0.2) is 8.42 Å². The number of carbonyl (C=O) groups excluding carboxylic acids is 2. The van der Waals surface area contributed by atoms with Gasteiger partial charge in [0, 0.05) is 28.7 Å². The number of methoxy groups -OCH3 is 1. The zero-order valence-corrected chi connectivity index (χ0v) is 28.6. The van der Waals surface area contributed by atoms with Gasteiger partial charge in [-0.15, -0.1) is 0 Å². The zero-order valence-electron chi connectivity index (χ0n) is 24.7. The van der Waals surface area contributed by atoms with E-state index >= 15 is 0 Å². The Morgan fingerprint density at radius 3 is 2.19 bits per heavy atom. The van der Waals surface area contributed by atoms with E-state index in [9.17, 15) is 18.0 Å². The Morgan fingerprint density at radius 1 is 1.02 bits per heavy atom. The lowest BCUT2D eigenvalue weighted by atomic mass is 10.1. The Balaban J connectivity index is 2.11. The Labute approximate surface area is 272 Å². The minimum atomic E-state index is -4.26. The largest absolute Gasteiger partial charge is 0.496 e. The number of nitrogens with zero attached hydrogens (tertiary/aromatic N) is 2. The molecule has 43 heavy (non-hydrogen) atoms. The summed E-state index contributed by atoms with van der Waals surface area (Å²) in [5.74, 6) is -0.302. The lowest BCUT2D eigenvalue weighted by Crippen LogP contribution is -2.52. The first-order valence-corrected chi connectivity index (χ1v) is 16.7. The molecule has 0 aromatic heterocycles. The average molecular weight is 714 g/mol. The van der Waals surface area contributed by atoms with Crippen molar-refractivity contribution >= 4 is 66.7 Å². The molecule has 0 heterocycles. The number of ether oxygens (including phenoxy) is 1. The van der Waals surface area contributed by atoms with E-state index in [4.69, 9.17) is 27.9 Å². The Bertz CT molecular complexity index is 1530. The number of aryl methyl sites for hydroxylation is 1. The Hall–Kier alpha value is -2.79. The number of sulfonamides is 1. The first-order valence-electron chi connectivity index (χ1n) is 13.7. The normalized spacial score (nSPS) is 12.1. The summed E-state index contributed by atoms with van der Waals surface area (Å²) in [5, 5.41) is 3.56. The standard InChI is InChI=1S/C31H36BrCl2N3O5S/c1-6-28(31(39)35-17-20(2)3)36(18-24-26(33)8-7-9-27(24)34)30(38)19-37(22-12-10-21(4)11-13-22)43(40,41)23-14-15-29(42-5)25(32)16-23/h7-16,20,28H,6,17-19H2,1-5H3,(H,35,39). The molecular weight excluding hydrogens is 677 g/mol. The smallest absolute Gasteiger partial charge is 0.264 e. The molecule has 1 N–H and O–H groups in total. The van der Waals surface area contributed by atoms with Gasteiger partial charge in [-0.3, -0.25) is 13.9 Å². The number of carbonyl (C=O) groups is 2. The number of halogens is 3. The van der Waals surface area contributed by atoms with E-state index in [1.54, 1.807) is 49.4 Å². The van der Waals surface area contributed by atoms with Crippen LogP contribution in [0.5, 0.6) is 5.75 Å². The maximum atomic E-state index is 14.2. The molecule has 0 radical (unpaired) electrons. The molecule has 3 aromatic rings. The van der Waals surface area contributed by atoms with Crippen molar-refractivity contribution in [3.05, 3.63) is 86.3 Å². The monoisotopic (exact) mass is 711 g/mol. The highest BCUT2D eigenvalue weighted by Gasteiger charge is 2.34. The number of hydrogen-bond donors (Lipinski definition) is 1. The fourth-order valence-electron chi connectivity index (χ4n) is 4.37. The third-order valence-corrected chi connectivity index (χ3v) is 9.87. The van der Waals surface area contributed by atoms with Gasteiger partial charge >= 0.3 is 0 Å². The molecule has 232 valence electrons. The minimum absolute atomic E-state index is 0.0454. The summed E-state index contributed by atoms with van der Waals surface area (Å²) in [7, 11) is -2.78. The molecule has 0 aliphatic heterocycles. The molecule has 0 fully saturated rings. The Kier molecular flexibility index (Phi) is 12.3. The Morgan fingerprint density at radius 2 is 1.65 bits per heavy atom. The van der Waals surface area contributed by atoms with E-state index in [0.717, 1.165) is 9.87 Å². The van der Waals surface area contributed by atoms with Crippen LogP contribution < -0.4 is 14.4 Å². The van der Waals surface area contributed by atoms with E-state index < -0.39 is 28.5 Å². The summed E-state index contributed by atoms with van der Waals surface area (Å²) in [4.78, 5) is 28.9. The molecular formula is C31H36BrCl2N3O5S. The molecule has 2 amide bonds. The van der Waals surface area contributed by atoms with Gasteiger partial charge < -0.3 is 15.0 Å². The van der Waals surface area contributed by atoms with Gasteiger partial charge in [-0.05, 0) is 77.7 Å². The lowest BCUT2D eigenvalue weighted by Gasteiger charge is -2.33. The van der Waals surface area contributed by atoms with Crippen LogP contribution in [0.25, 0.3) is 0 Å². The molecule has 12 heteroatoms. The molecule has 1 unspecified atom stereocenters. The van der Waals surface area contributed by atoms with Crippen LogP contribution in [0.2, 0.25) is 10.0 Å². The van der Waals surface area contributed by atoms with E-state index in [1.165, 1.54) is 30.2 Å². The van der Waals surface area contributed by atoms with Crippen LogP contribution in [0.15, 0.2) is 70.0 Å². The summed E-state index contributed by atoms with van der Waals surface area (Å²) >= 11 is 16.3. The molecule has 0 saturated heterocycles. The van der Waals surface area contributed by atoms with Gasteiger partial charge in [0.1, 0.15) is 18.3 Å². The average Bonchev–Trinajstić information content (AvgIpc) is 2.96. The van der Waals surface area contributed by atoms with Crippen molar-refractivity contribution in [2.75, 3.05) is 24.5 Å². The summed E-state index contributed by atoms with van der Waals surface area (Å²) < 4.78 is 35.0. The van der Waals surface area contributed by atoms with Crippen molar-refractivity contribution in [2.24, 2.45) is 5.92 Å². The van der Waals surface area contributed by atoms with Crippen LogP contribution in [-0.4, -0.2) is 51.4 Å². The summed E-state index contributed by atoms with van der Waals surface area (Å²) in [6.07, 6.45) is 0.278. The predicted octanol–water partition coefficient (Wildman–Crippen LogP) is 6.85. The van der Waals surface area contributed by atoms with Crippen LogP contribution in [0, 0.1) is 12.8 Å². The second kappa shape index (κ2) is 15.3. The van der Waals surface area contributed by atoms with Crippen LogP contribution >= 0.6 is 39.1 Å². The molecule has 3 rings (SSSR count). The molecule has 0 bridgehead atoms. The molecule has 0 spiro atoms. The predicted molar refractivity (Wildman–Crippen MR) is 175 cm³/mol. The second-order valence-electron chi connectivity index (χ2n) is 10.4. The van der Waals surface area contributed by atoms with Crippen LogP contribution in [-0.2, 0) is 26.2 Å². The van der Waals surface area contributed by atoms with Gasteiger partial charge in [0.05, 0.1) is 22.2 Å². The molecule has 0 saturated carbocycles. The number of anilines is 1.